The Labute approximate surface area is 101 Å². The van der Waals surface area contributed by atoms with E-state index in [2.05, 4.69) is 9.59 Å². The Hall–Kier alpha value is -1.95. The molecule has 17 heavy (non-hydrogen) atoms. The molecule has 0 radical (unpaired) electrons. The van der Waals surface area contributed by atoms with Crippen molar-refractivity contribution in [2.75, 3.05) is 13.2 Å². The van der Waals surface area contributed by atoms with Crippen molar-refractivity contribution in [2.45, 2.75) is 0 Å². The molecule has 1 aliphatic heterocycles. The number of carbonyl (C=O) groups excluding carboxylic acids is 1. The van der Waals surface area contributed by atoms with E-state index in [1.54, 1.807) is 18.2 Å². The highest BCUT2D eigenvalue weighted by atomic mass is 32.1. The standard InChI is InChI=1S/C11H8N2O3S/c14-11(10-6-12-13-17-10)7-1-2-8-9(5-7)16-4-3-15-8/h1-2,5-6H,3-4H2. The molecule has 0 atom stereocenters. The van der Waals surface area contributed by atoms with E-state index in [4.69, 9.17) is 9.47 Å². The molecule has 5 nitrogen and oxygen atoms in total. The molecule has 0 N–H and O–H groups in total. The lowest BCUT2D eigenvalue weighted by atomic mass is 10.1. The maximum absolute atomic E-state index is 12.0. The molecule has 0 saturated carbocycles. The molecule has 0 spiro atoms. The minimum Gasteiger partial charge on any atom is -0.486 e. The summed E-state index contributed by atoms with van der Waals surface area (Å²) in [6.07, 6.45) is 1.46. The van der Waals surface area contributed by atoms with Crippen LogP contribution in [0, 0.1) is 0 Å². The SMILES string of the molecule is O=C(c1ccc2c(c1)OCCO2)c1cnns1. The molecule has 0 bridgehead atoms. The fourth-order valence-corrected chi connectivity index (χ4v) is 2.07. The number of rotatable bonds is 2. The van der Waals surface area contributed by atoms with E-state index in [1.165, 1.54) is 6.20 Å². The highest BCUT2D eigenvalue weighted by molar-refractivity contribution is 7.08. The third kappa shape index (κ3) is 1.87. The van der Waals surface area contributed by atoms with Gasteiger partial charge in [0.2, 0.25) is 5.78 Å². The number of benzene rings is 1. The van der Waals surface area contributed by atoms with Crippen molar-refractivity contribution in [1.82, 2.24) is 9.59 Å². The smallest absolute Gasteiger partial charge is 0.206 e. The number of fused-ring (bicyclic) bond motifs is 1. The van der Waals surface area contributed by atoms with E-state index in [1.807, 2.05) is 0 Å². The molecule has 1 aromatic carbocycles. The maximum atomic E-state index is 12.0. The first-order chi connectivity index (χ1) is 8.34. The van der Waals surface area contributed by atoms with Gasteiger partial charge >= 0.3 is 0 Å². The first kappa shape index (κ1) is 10.2. The Morgan fingerprint density at radius 2 is 2.06 bits per heavy atom. The third-order valence-corrected chi connectivity index (χ3v) is 3.05. The predicted molar refractivity (Wildman–Crippen MR) is 60.8 cm³/mol. The van der Waals surface area contributed by atoms with E-state index in [0.29, 0.717) is 35.2 Å². The van der Waals surface area contributed by atoms with Crippen LogP contribution in [0.1, 0.15) is 15.2 Å². The molecule has 3 rings (SSSR count). The second kappa shape index (κ2) is 4.14. The number of carbonyl (C=O) groups is 1. The summed E-state index contributed by atoms with van der Waals surface area (Å²) in [5.41, 5.74) is 0.556. The minimum absolute atomic E-state index is 0.100. The van der Waals surface area contributed by atoms with Crippen molar-refractivity contribution in [2.24, 2.45) is 0 Å². The summed E-state index contributed by atoms with van der Waals surface area (Å²) in [6.45, 7) is 1.05. The van der Waals surface area contributed by atoms with E-state index in [-0.39, 0.29) is 5.78 Å². The summed E-state index contributed by atoms with van der Waals surface area (Å²) in [7, 11) is 0. The van der Waals surface area contributed by atoms with E-state index in [9.17, 15) is 4.79 Å². The molecule has 0 amide bonds. The van der Waals surface area contributed by atoms with Crippen molar-refractivity contribution in [3.05, 3.63) is 34.8 Å². The first-order valence-corrected chi connectivity index (χ1v) is 5.83. The molecule has 0 saturated heterocycles. The fraction of sp³-hybridized carbons (Fsp3) is 0.182. The van der Waals surface area contributed by atoms with Gasteiger partial charge in [0, 0.05) is 5.56 Å². The van der Waals surface area contributed by atoms with Gasteiger partial charge in [-0.3, -0.25) is 4.79 Å². The zero-order valence-electron chi connectivity index (χ0n) is 8.75. The third-order valence-electron chi connectivity index (χ3n) is 2.39. The molecule has 2 heterocycles. The lowest BCUT2D eigenvalue weighted by Crippen LogP contribution is -2.15. The number of hydrogen-bond acceptors (Lipinski definition) is 6. The summed E-state index contributed by atoms with van der Waals surface area (Å²) in [4.78, 5) is 12.5. The number of nitrogens with zero attached hydrogens (tertiary/aromatic N) is 2. The van der Waals surface area contributed by atoms with Gasteiger partial charge in [0.25, 0.3) is 0 Å². The van der Waals surface area contributed by atoms with Gasteiger partial charge in [0.1, 0.15) is 18.1 Å². The van der Waals surface area contributed by atoms with Gasteiger partial charge in [-0.25, -0.2) is 0 Å². The largest absolute Gasteiger partial charge is 0.486 e. The molecule has 0 unspecified atom stereocenters. The van der Waals surface area contributed by atoms with Crippen molar-refractivity contribution in [3.8, 4) is 11.5 Å². The molecule has 1 aromatic heterocycles. The Morgan fingerprint density at radius 3 is 2.82 bits per heavy atom. The summed E-state index contributed by atoms with van der Waals surface area (Å²) >= 11 is 1.08. The summed E-state index contributed by atoms with van der Waals surface area (Å²) in [5, 5.41) is 3.65. The van der Waals surface area contributed by atoms with Gasteiger partial charge in [-0.2, -0.15) is 0 Å². The van der Waals surface area contributed by atoms with Crippen LogP contribution in [0.15, 0.2) is 24.4 Å². The van der Waals surface area contributed by atoms with Crippen LogP contribution in [0.3, 0.4) is 0 Å². The van der Waals surface area contributed by atoms with E-state index < -0.39 is 0 Å². The fourth-order valence-electron chi connectivity index (χ4n) is 1.59. The van der Waals surface area contributed by atoms with Gasteiger partial charge in [-0.05, 0) is 29.7 Å². The maximum Gasteiger partial charge on any atom is 0.206 e. The Bertz CT molecular complexity index is 554. The van der Waals surface area contributed by atoms with Crippen LogP contribution in [0.25, 0.3) is 0 Å². The topological polar surface area (TPSA) is 61.3 Å². The van der Waals surface area contributed by atoms with Gasteiger partial charge in [-0.1, -0.05) is 4.49 Å². The molecule has 1 aliphatic rings. The molecule has 0 aliphatic carbocycles. The van der Waals surface area contributed by atoms with Crippen LogP contribution in [0.2, 0.25) is 0 Å². The van der Waals surface area contributed by atoms with Gasteiger partial charge < -0.3 is 9.47 Å². The normalized spacial score (nSPS) is 13.4. The first-order valence-electron chi connectivity index (χ1n) is 5.06. The highest BCUT2D eigenvalue weighted by Crippen LogP contribution is 2.31. The molecule has 2 aromatic rings. The monoisotopic (exact) mass is 248 g/mol. The van der Waals surface area contributed by atoms with Gasteiger partial charge in [0.05, 0.1) is 6.20 Å². The molecular weight excluding hydrogens is 240 g/mol. The Balaban J connectivity index is 1.96. The predicted octanol–water partition coefficient (Wildman–Crippen LogP) is 1.54. The Kier molecular flexibility index (Phi) is 2.49. The van der Waals surface area contributed by atoms with Crippen LogP contribution >= 0.6 is 11.5 Å². The van der Waals surface area contributed by atoms with Crippen LogP contribution in [-0.2, 0) is 0 Å². The van der Waals surface area contributed by atoms with Gasteiger partial charge in [-0.15, -0.1) is 5.10 Å². The number of ketones is 1. The molecule has 86 valence electrons. The molecular formula is C11H8N2O3S. The highest BCUT2D eigenvalue weighted by Gasteiger charge is 2.17. The lowest BCUT2D eigenvalue weighted by molar-refractivity contribution is 0.104. The quantitative estimate of drug-likeness (QED) is 0.754. The summed E-state index contributed by atoms with van der Waals surface area (Å²) in [6, 6.07) is 5.16. The van der Waals surface area contributed by atoms with Crippen molar-refractivity contribution in [1.29, 1.82) is 0 Å². The molecule has 6 heteroatoms. The van der Waals surface area contributed by atoms with Crippen molar-refractivity contribution in [3.63, 3.8) is 0 Å². The summed E-state index contributed by atoms with van der Waals surface area (Å²) < 4.78 is 14.5. The zero-order chi connectivity index (χ0) is 11.7. The summed E-state index contributed by atoms with van der Waals surface area (Å²) in [5.74, 6) is 1.19. The lowest BCUT2D eigenvalue weighted by Gasteiger charge is -2.18. The number of ether oxygens (including phenoxy) is 2. The average molecular weight is 248 g/mol. The zero-order valence-corrected chi connectivity index (χ0v) is 9.57. The number of hydrogen-bond donors (Lipinski definition) is 0. The van der Waals surface area contributed by atoms with E-state index >= 15 is 0 Å². The minimum atomic E-state index is -0.100. The van der Waals surface area contributed by atoms with Crippen LogP contribution in [0.5, 0.6) is 11.5 Å². The van der Waals surface area contributed by atoms with Crippen LogP contribution < -0.4 is 9.47 Å². The van der Waals surface area contributed by atoms with Crippen LogP contribution in [0.4, 0.5) is 0 Å². The Morgan fingerprint density at radius 1 is 1.24 bits per heavy atom. The second-order valence-corrected chi connectivity index (χ2v) is 4.26. The second-order valence-electron chi connectivity index (χ2n) is 3.47. The average Bonchev–Trinajstić information content (AvgIpc) is 2.91. The van der Waals surface area contributed by atoms with E-state index in [0.717, 1.165) is 11.5 Å². The van der Waals surface area contributed by atoms with Gasteiger partial charge in [0.15, 0.2) is 11.5 Å². The van der Waals surface area contributed by atoms with Crippen molar-refractivity contribution < 1.29 is 14.3 Å². The van der Waals surface area contributed by atoms with Crippen LogP contribution in [-0.4, -0.2) is 28.6 Å². The number of aromatic nitrogens is 2. The molecule has 0 fully saturated rings. The van der Waals surface area contributed by atoms with Crippen molar-refractivity contribution >= 4 is 17.3 Å².